The van der Waals surface area contributed by atoms with E-state index < -0.39 is 30.2 Å². The molecule has 0 bridgehead atoms. The third kappa shape index (κ3) is 5.51. The molecule has 10 heteroatoms. The van der Waals surface area contributed by atoms with Gasteiger partial charge in [-0.05, 0) is 42.9 Å². The molecule has 2 N–H and O–H groups in total. The van der Waals surface area contributed by atoms with Gasteiger partial charge in [0.05, 0.1) is 11.7 Å². The Morgan fingerprint density at radius 2 is 1.82 bits per heavy atom. The molecule has 0 aromatic heterocycles. The van der Waals surface area contributed by atoms with Gasteiger partial charge in [-0.3, -0.25) is 14.5 Å². The summed E-state index contributed by atoms with van der Waals surface area (Å²) in [5.41, 5.74) is 0.585. The lowest BCUT2D eigenvalue weighted by Gasteiger charge is -2.31. The van der Waals surface area contributed by atoms with Crippen molar-refractivity contribution in [2.75, 3.05) is 26.2 Å². The molecule has 7 nitrogen and oxygen atoms in total. The van der Waals surface area contributed by atoms with Crippen molar-refractivity contribution in [3.05, 3.63) is 65.7 Å². The van der Waals surface area contributed by atoms with Crippen LogP contribution in [-0.2, 0) is 11.3 Å². The van der Waals surface area contributed by atoms with Crippen molar-refractivity contribution in [1.29, 1.82) is 0 Å². The highest BCUT2D eigenvalue weighted by Gasteiger charge is 2.51. The van der Waals surface area contributed by atoms with Gasteiger partial charge in [0, 0.05) is 38.1 Å². The van der Waals surface area contributed by atoms with Gasteiger partial charge in [-0.25, -0.2) is 0 Å². The molecule has 2 aromatic rings. The van der Waals surface area contributed by atoms with Gasteiger partial charge in [-0.2, -0.15) is 0 Å². The number of benzene rings is 2. The molecule has 1 aliphatic carbocycles. The first-order chi connectivity index (χ1) is 18.2. The number of hydrogen-bond acceptors (Lipinski definition) is 5. The number of nitrogens with one attached hydrogen (secondary N) is 1. The summed E-state index contributed by atoms with van der Waals surface area (Å²) in [6.07, 6.45) is -2.50. The standard InChI is InChI=1S/C28H32F3N3O4/c29-28(30,31)38-23-11-5-4-10-21(23)26(37)34-16-20-9-6-13-27(20,18-34)17-32-25(36)24-22(35)12-14-33(24)15-19-7-2-1-3-8-19/h1-5,7-8,10-11,20,22,24,35H,6,9,12-18H2,(H,32,36)/t20-,22-,24-,27-/m0/s1. The van der Waals surface area contributed by atoms with E-state index in [1.807, 2.05) is 35.2 Å². The Labute approximate surface area is 219 Å². The molecule has 2 aromatic carbocycles. The minimum Gasteiger partial charge on any atom is -0.405 e. The summed E-state index contributed by atoms with van der Waals surface area (Å²) in [5, 5.41) is 13.7. The molecule has 2 heterocycles. The molecule has 0 radical (unpaired) electrons. The zero-order valence-electron chi connectivity index (χ0n) is 21.0. The molecular weight excluding hydrogens is 499 g/mol. The van der Waals surface area contributed by atoms with Crippen molar-refractivity contribution >= 4 is 11.8 Å². The summed E-state index contributed by atoms with van der Waals surface area (Å²) in [6, 6.07) is 14.5. The van der Waals surface area contributed by atoms with E-state index in [2.05, 4.69) is 10.1 Å². The molecular formula is C28H32F3N3O4. The Kier molecular flexibility index (Phi) is 7.37. The number of rotatable bonds is 7. The van der Waals surface area contributed by atoms with Crippen LogP contribution in [0.25, 0.3) is 0 Å². The molecule has 1 saturated carbocycles. The normalized spacial score (nSPS) is 27.4. The first-order valence-electron chi connectivity index (χ1n) is 13.0. The zero-order chi connectivity index (χ0) is 26.9. The van der Waals surface area contributed by atoms with Crippen molar-refractivity contribution < 1.29 is 32.6 Å². The highest BCUT2D eigenvalue weighted by atomic mass is 19.4. The van der Waals surface area contributed by atoms with Crippen LogP contribution < -0.4 is 10.1 Å². The molecule has 0 spiro atoms. The smallest absolute Gasteiger partial charge is 0.405 e. The number of alkyl halides is 3. The number of nitrogens with zero attached hydrogens (tertiary/aromatic N) is 2. The van der Waals surface area contributed by atoms with Crippen molar-refractivity contribution in [3.8, 4) is 5.75 Å². The molecule has 5 rings (SSSR count). The van der Waals surface area contributed by atoms with Gasteiger partial charge in [-0.1, -0.05) is 48.9 Å². The summed E-state index contributed by atoms with van der Waals surface area (Å²) in [6.45, 7) is 2.29. The second-order valence-electron chi connectivity index (χ2n) is 10.7. The minimum atomic E-state index is -4.90. The van der Waals surface area contributed by atoms with E-state index in [1.165, 1.54) is 18.2 Å². The lowest BCUT2D eigenvalue weighted by atomic mass is 9.80. The number of halogens is 3. The van der Waals surface area contributed by atoms with Gasteiger partial charge in [0.2, 0.25) is 5.91 Å². The van der Waals surface area contributed by atoms with E-state index in [0.717, 1.165) is 30.9 Å². The first-order valence-corrected chi connectivity index (χ1v) is 13.0. The Hall–Kier alpha value is -3.11. The monoisotopic (exact) mass is 531 g/mol. The topological polar surface area (TPSA) is 82.1 Å². The quantitative estimate of drug-likeness (QED) is 0.571. The van der Waals surface area contributed by atoms with Crippen molar-refractivity contribution in [1.82, 2.24) is 15.1 Å². The van der Waals surface area contributed by atoms with Crippen LogP contribution in [0.2, 0.25) is 0 Å². The average molecular weight is 532 g/mol. The molecule has 3 aliphatic rings. The third-order valence-electron chi connectivity index (χ3n) is 8.25. The van der Waals surface area contributed by atoms with E-state index >= 15 is 0 Å². The highest BCUT2D eigenvalue weighted by molar-refractivity contribution is 5.97. The number of aliphatic hydroxyl groups is 1. The van der Waals surface area contributed by atoms with Crippen LogP contribution in [0, 0.1) is 11.3 Å². The summed E-state index contributed by atoms with van der Waals surface area (Å²) < 4.78 is 42.7. The Morgan fingerprint density at radius 3 is 2.58 bits per heavy atom. The highest BCUT2D eigenvalue weighted by Crippen LogP contribution is 2.49. The number of para-hydroxylation sites is 1. The van der Waals surface area contributed by atoms with Gasteiger partial charge in [0.1, 0.15) is 11.8 Å². The number of aliphatic hydroxyl groups excluding tert-OH is 1. The Balaban J connectivity index is 1.25. The van der Waals surface area contributed by atoms with Crippen LogP contribution in [0.15, 0.2) is 54.6 Å². The second kappa shape index (κ2) is 10.6. The largest absolute Gasteiger partial charge is 0.573 e. The van der Waals surface area contributed by atoms with Crippen molar-refractivity contribution in [2.24, 2.45) is 11.3 Å². The van der Waals surface area contributed by atoms with Gasteiger partial charge in [-0.15, -0.1) is 13.2 Å². The fourth-order valence-electron chi connectivity index (χ4n) is 6.43. The summed E-state index contributed by atoms with van der Waals surface area (Å²) >= 11 is 0. The van der Waals surface area contributed by atoms with E-state index in [4.69, 9.17) is 0 Å². The number of ether oxygens (including phenoxy) is 1. The Morgan fingerprint density at radius 1 is 1.08 bits per heavy atom. The second-order valence-corrected chi connectivity index (χ2v) is 10.7. The lowest BCUT2D eigenvalue weighted by molar-refractivity contribution is -0.274. The summed E-state index contributed by atoms with van der Waals surface area (Å²) in [5.74, 6) is -1.13. The van der Waals surface area contributed by atoms with Crippen LogP contribution in [0.5, 0.6) is 5.75 Å². The molecule has 2 amide bonds. The van der Waals surface area contributed by atoms with Crippen LogP contribution in [0.3, 0.4) is 0 Å². The van der Waals surface area contributed by atoms with Gasteiger partial charge in [0.25, 0.3) is 5.91 Å². The van der Waals surface area contributed by atoms with Crippen LogP contribution >= 0.6 is 0 Å². The average Bonchev–Trinajstić information content (AvgIpc) is 3.54. The van der Waals surface area contributed by atoms with Gasteiger partial charge >= 0.3 is 6.36 Å². The lowest BCUT2D eigenvalue weighted by Crippen LogP contribution is -2.51. The number of carbonyl (C=O) groups is 2. The van der Waals surface area contributed by atoms with E-state index in [9.17, 15) is 27.9 Å². The predicted molar refractivity (Wildman–Crippen MR) is 133 cm³/mol. The van der Waals surface area contributed by atoms with E-state index in [1.54, 1.807) is 4.90 Å². The maximum atomic E-state index is 13.3. The number of fused-ring (bicyclic) bond motifs is 1. The van der Waals surface area contributed by atoms with Crippen LogP contribution in [0.4, 0.5) is 13.2 Å². The van der Waals surface area contributed by atoms with E-state index in [0.29, 0.717) is 39.1 Å². The molecule has 3 fully saturated rings. The van der Waals surface area contributed by atoms with Crippen molar-refractivity contribution in [2.45, 2.75) is 50.7 Å². The van der Waals surface area contributed by atoms with Crippen LogP contribution in [0.1, 0.15) is 41.6 Å². The van der Waals surface area contributed by atoms with Gasteiger partial charge in [0.15, 0.2) is 0 Å². The Bertz CT molecular complexity index is 1160. The number of amides is 2. The van der Waals surface area contributed by atoms with Gasteiger partial charge < -0.3 is 20.1 Å². The molecule has 0 unspecified atom stereocenters. The maximum absolute atomic E-state index is 13.3. The van der Waals surface area contributed by atoms with E-state index in [-0.39, 0.29) is 22.8 Å². The third-order valence-corrected chi connectivity index (χ3v) is 8.25. The fourth-order valence-corrected chi connectivity index (χ4v) is 6.43. The SMILES string of the molecule is O=C(NC[C@]12CCC[C@H]1CN(C(=O)c1ccccc1OC(F)(F)F)C2)[C@@H]1[C@@H](O)CCN1Cc1ccccc1. The maximum Gasteiger partial charge on any atom is 0.573 e. The zero-order valence-corrected chi connectivity index (χ0v) is 21.0. The van der Waals surface area contributed by atoms with Crippen molar-refractivity contribution in [3.63, 3.8) is 0 Å². The number of likely N-dealkylation sites (tertiary alicyclic amines) is 2. The molecule has 2 aliphatic heterocycles. The summed E-state index contributed by atoms with van der Waals surface area (Å²) in [7, 11) is 0. The molecule has 4 atom stereocenters. The number of carbonyl (C=O) groups excluding carboxylic acids is 2. The number of hydrogen-bond donors (Lipinski definition) is 2. The predicted octanol–water partition coefficient (Wildman–Crippen LogP) is 3.58. The summed E-state index contributed by atoms with van der Waals surface area (Å²) in [4.78, 5) is 30.2. The molecule has 38 heavy (non-hydrogen) atoms. The van der Waals surface area contributed by atoms with Crippen LogP contribution in [-0.4, -0.2) is 71.4 Å². The molecule has 2 saturated heterocycles. The fraction of sp³-hybridized carbons (Fsp3) is 0.500. The minimum absolute atomic E-state index is 0.130. The molecule has 204 valence electrons. The first kappa shape index (κ1) is 26.5.